The molecule has 0 saturated carbocycles. The number of hydrogen-bond acceptors (Lipinski definition) is 2. The Morgan fingerprint density at radius 2 is 0.896 bits per heavy atom. The van der Waals surface area contributed by atoms with Crippen molar-refractivity contribution in [3.8, 4) is 48.4 Å². The Labute approximate surface area is 297 Å². The standard InChI is InChI=1S/C46H68O2/c1-3-5-6-7-8-9-10-11-12-13-14-15-16-17-18-19-20-21-25-28-31-34-37-40-43-46(48)44-41-38-35-32-29-26-23-22-24-27-30-33-36-39-42-45(47)4-2/h1-2,6-7,21,23,25-26,34,37,39,42,45-48H,5,8-20,22,24,27-33,35-36,38H2. The van der Waals surface area contributed by atoms with Crippen LogP contribution in [0.3, 0.4) is 0 Å². The Balaban J connectivity index is 3.51. The van der Waals surface area contributed by atoms with E-state index < -0.39 is 12.2 Å². The zero-order valence-electron chi connectivity index (χ0n) is 30.4. The van der Waals surface area contributed by atoms with Crippen LogP contribution in [0.15, 0.2) is 60.8 Å². The minimum Gasteiger partial charge on any atom is -0.377 e. The normalized spacial score (nSPS) is 12.8. The molecule has 0 aromatic heterocycles. The summed E-state index contributed by atoms with van der Waals surface area (Å²) in [5, 5.41) is 19.2. The fourth-order valence-electron chi connectivity index (χ4n) is 5.16. The largest absolute Gasteiger partial charge is 0.377 e. The molecule has 0 aliphatic carbocycles. The van der Waals surface area contributed by atoms with E-state index in [1.54, 1.807) is 6.08 Å². The van der Waals surface area contributed by atoms with Crippen LogP contribution in [0.1, 0.15) is 167 Å². The molecule has 0 rings (SSSR count). The van der Waals surface area contributed by atoms with E-state index in [1.807, 2.05) is 12.2 Å². The maximum absolute atomic E-state index is 9.93. The molecule has 2 N–H and O–H groups in total. The molecule has 0 fully saturated rings. The molecule has 0 heterocycles. The third kappa shape index (κ3) is 39.0. The van der Waals surface area contributed by atoms with Crippen LogP contribution in [0, 0.1) is 48.4 Å². The number of unbranched alkanes of at least 4 members (excludes halogenated alkanes) is 21. The molecule has 0 aliphatic rings. The average molecular weight is 653 g/mol. The Hall–Kier alpha value is -3.14. The van der Waals surface area contributed by atoms with Crippen LogP contribution in [0.4, 0.5) is 0 Å². The maximum Gasteiger partial charge on any atom is 0.176 e. The van der Waals surface area contributed by atoms with Gasteiger partial charge in [0.25, 0.3) is 0 Å². The Morgan fingerprint density at radius 3 is 1.42 bits per heavy atom. The molecule has 0 saturated heterocycles. The molecular formula is C46H68O2. The van der Waals surface area contributed by atoms with E-state index in [0.29, 0.717) is 0 Å². The second-order valence-corrected chi connectivity index (χ2v) is 12.6. The third-order valence-corrected chi connectivity index (χ3v) is 8.04. The van der Waals surface area contributed by atoms with Crippen LogP contribution < -0.4 is 0 Å². The van der Waals surface area contributed by atoms with E-state index in [2.05, 4.69) is 78.1 Å². The van der Waals surface area contributed by atoms with Gasteiger partial charge in [0.15, 0.2) is 6.10 Å². The molecule has 0 amide bonds. The lowest BCUT2D eigenvalue weighted by molar-refractivity contribution is 0.280. The second kappa shape index (κ2) is 40.0. The van der Waals surface area contributed by atoms with Gasteiger partial charge in [-0.15, -0.1) is 18.8 Å². The van der Waals surface area contributed by atoms with Crippen LogP contribution in [-0.4, -0.2) is 22.4 Å². The Bertz CT molecular complexity index is 1070. The van der Waals surface area contributed by atoms with Crippen molar-refractivity contribution in [1.82, 2.24) is 0 Å². The van der Waals surface area contributed by atoms with Gasteiger partial charge in [0.05, 0.1) is 0 Å². The number of aliphatic hydroxyl groups excluding tert-OH is 2. The third-order valence-electron chi connectivity index (χ3n) is 8.04. The first-order valence-electron chi connectivity index (χ1n) is 19.2. The zero-order valence-corrected chi connectivity index (χ0v) is 30.4. The van der Waals surface area contributed by atoms with E-state index in [9.17, 15) is 10.2 Å². The molecule has 0 aromatic rings. The minimum atomic E-state index is -0.867. The van der Waals surface area contributed by atoms with Gasteiger partial charge in [0.2, 0.25) is 0 Å². The van der Waals surface area contributed by atoms with E-state index in [0.717, 1.165) is 64.2 Å². The lowest BCUT2D eigenvalue weighted by Gasteiger charge is -2.02. The smallest absolute Gasteiger partial charge is 0.176 e. The lowest BCUT2D eigenvalue weighted by Crippen LogP contribution is -1.97. The summed E-state index contributed by atoms with van der Waals surface area (Å²) in [5.41, 5.74) is 0. The predicted molar refractivity (Wildman–Crippen MR) is 211 cm³/mol. The van der Waals surface area contributed by atoms with Crippen LogP contribution >= 0.6 is 0 Å². The molecule has 48 heavy (non-hydrogen) atoms. The van der Waals surface area contributed by atoms with Gasteiger partial charge in [-0.05, 0) is 95.6 Å². The van der Waals surface area contributed by atoms with Gasteiger partial charge in [0.1, 0.15) is 6.10 Å². The van der Waals surface area contributed by atoms with Crippen LogP contribution in [0.25, 0.3) is 0 Å². The topological polar surface area (TPSA) is 40.5 Å². The molecule has 0 radical (unpaired) electrons. The highest BCUT2D eigenvalue weighted by Crippen LogP contribution is 2.13. The van der Waals surface area contributed by atoms with Crippen LogP contribution in [0.2, 0.25) is 0 Å². The number of hydrogen-bond donors (Lipinski definition) is 2. The summed E-state index contributed by atoms with van der Waals surface area (Å²) in [7, 11) is 0. The molecule has 0 aliphatic heterocycles. The quantitative estimate of drug-likeness (QED) is 0.0460. The molecule has 2 heteroatoms. The van der Waals surface area contributed by atoms with Gasteiger partial charge < -0.3 is 10.2 Å². The number of terminal acetylenes is 2. The number of allylic oxidation sites excluding steroid dienone is 9. The van der Waals surface area contributed by atoms with E-state index in [4.69, 9.17) is 12.8 Å². The van der Waals surface area contributed by atoms with Gasteiger partial charge >= 0.3 is 0 Å². The first-order chi connectivity index (χ1) is 23.7. The molecule has 0 aromatic carbocycles. The predicted octanol–water partition coefficient (Wildman–Crippen LogP) is 11.9. The summed E-state index contributed by atoms with van der Waals surface area (Å²) in [6, 6.07) is 0. The molecular weight excluding hydrogens is 585 g/mol. The SMILES string of the molecule is C#CCC=CCCCCCCCCCCCCCC=CCCC=CC#CC(O)C#CCCCCC=CCCCCCCC=CC(O)C#C. The number of aliphatic hydroxyl groups is 2. The summed E-state index contributed by atoms with van der Waals surface area (Å²) >= 11 is 0. The maximum atomic E-state index is 9.93. The van der Waals surface area contributed by atoms with Crippen LogP contribution in [0.5, 0.6) is 0 Å². The average Bonchev–Trinajstić information content (AvgIpc) is 3.09. The molecule has 0 bridgehead atoms. The van der Waals surface area contributed by atoms with Crippen molar-refractivity contribution in [3.63, 3.8) is 0 Å². The van der Waals surface area contributed by atoms with Crippen molar-refractivity contribution in [2.45, 2.75) is 179 Å². The van der Waals surface area contributed by atoms with E-state index in [-0.39, 0.29) is 0 Å². The summed E-state index contributed by atoms with van der Waals surface area (Å²) in [5.74, 6) is 16.5. The minimum absolute atomic E-state index is 0.746. The Kier molecular flexibility index (Phi) is 37.4. The van der Waals surface area contributed by atoms with Crippen molar-refractivity contribution in [2.24, 2.45) is 0 Å². The molecule has 2 atom stereocenters. The zero-order chi connectivity index (χ0) is 34.9. The van der Waals surface area contributed by atoms with Gasteiger partial charge in [0, 0.05) is 12.8 Å². The summed E-state index contributed by atoms with van der Waals surface area (Å²) in [6.45, 7) is 0. The first-order valence-corrected chi connectivity index (χ1v) is 19.2. The van der Waals surface area contributed by atoms with Crippen molar-refractivity contribution in [2.75, 3.05) is 0 Å². The first kappa shape index (κ1) is 44.9. The van der Waals surface area contributed by atoms with E-state index in [1.165, 1.54) is 103 Å². The van der Waals surface area contributed by atoms with E-state index >= 15 is 0 Å². The molecule has 0 spiro atoms. The van der Waals surface area contributed by atoms with Crippen molar-refractivity contribution in [1.29, 1.82) is 0 Å². The van der Waals surface area contributed by atoms with Gasteiger partial charge in [-0.25, -0.2) is 0 Å². The fourth-order valence-corrected chi connectivity index (χ4v) is 5.16. The van der Waals surface area contributed by atoms with Crippen molar-refractivity contribution in [3.05, 3.63) is 60.8 Å². The summed E-state index contributed by atoms with van der Waals surface area (Å²) < 4.78 is 0. The monoisotopic (exact) mass is 653 g/mol. The molecule has 2 nitrogen and oxygen atoms in total. The van der Waals surface area contributed by atoms with Crippen molar-refractivity contribution < 1.29 is 10.2 Å². The highest BCUT2D eigenvalue weighted by molar-refractivity contribution is 5.24. The summed E-state index contributed by atoms with van der Waals surface area (Å²) in [4.78, 5) is 0. The highest BCUT2D eigenvalue weighted by Gasteiger charge is 1.94. The Morgan fingerprint density at radius 1 is 0.458 bits per heavy atom. The van der Waals surface area contributed by atoms with Crippen molar-refractivity contribution >= 4 is 0 Å². The highest BCUT2D eigenvalue weighted by atomic mass is 16.3. The second-order valence-electron chi connectivity index (χ2n) is 12.6. The van der Waals surface area contributed by atoms with Gasteiger partial charge in [-0.3, -0.25) is 0 Å². The molecule has 2 unspecified atom stereocenters. The van der Waals surface area contributed by atoms with Gasteiger partial charge in [-0.1, -0.05) is 149 Å². The number of rotatable bonds is 30. The fraction of sp³-hybridized carbons (Fsp3) is 0.609. The summed E-state index contributed by atoms with van der Waals surface area (Å²) in [6.07, 6.45) is 61.0. The molecule has 264 valence electrons. The van der Waals surface area contributed by atoms with Gasteiger partial charge in [-0.2, -0.15) is 0 Å². The van der Waals surface area contributed by atoms with Crippen LogP contribution in [-0.2, 0) is 0 Å². The lowest BCUT2D eigenvalue weighted by atomic mass is 10.0.